The minimum atomic E-state index is -0.239. The molecule has 0 atom stereocenters. The molecule has 26 heavy (non-hydrogen) atoms. The fourth-order valence-electron chi connectivity index (χ4n) is 2.79. The number of rotatable bonds is 6. The number of nitrogens with one attached hydrogen (secondary N) is 1. The van der Waals surface area contributed by atoms with Crippen molar-refractivity contribution in [2.45, 2.75) is 19.8 Å². The number of hydrogen-bond donors (Lipinski definition) is 1. The van der Waals surface area contributed by atoms with Crippen molar-refractivity contribution in [3.05, 3.63) is 45.1 Å². The average Bonchev–Trinajstić information content (AvgIpc) is 3.15. The first kappa shape index (κ1) is 18.9. The number of nitrogens with zero attached hydrogens (tertiary/aromatic N) is 3. The van der Waals surface area contributed by atoms with E-state index >= 15 is 0 Å². The molecule has 1 aliphatic rings. The normalized spacial score (nSPS) is 13.7. The van der Waals surface area contributed by atoms with E-state index in [0.717, 1.165) is 23.4 Å². The lowest BCUT2D eigenvalue weighted by Gasteiger charge is -2.17. The highest BCUT2D eigenvalue weighted by molar-refractivity contribution is 9.10. The second kappa shape index (κ2) is 8.68. The van der Waals surface area contributed by atoms with Gasteiger partial charge in [0.2, 0.25) is 5.88 Å². The molecule has 1 aromatic heterocycles. The van der Waals surface area contributed by atoms with Crippen LogP contribution >= 0.6 is 27.5 Å². The van der Waals surface area contributed by atoms with Crippen LogP contribution in [-0.2, 0) is 0 Å². The molecule has 1 fully saturated rings. The minimum Gasteiger partial charge on any atom is -0.476 e. The van der Waals surface area contributed by atoms with Gasteiger partial charge in [-0.3, -0.25) is 4.79 Å². The lowest BCUT2D eigenvalue weighted by molar-refractivity contribution is 0.0946. The second-order valence-electron chi connectivity index (χ2n) is 6.03. The van der Waals surface area contributed by atoms with E-state index in [2.05, 4.69) is 36.1 Å². The van der Waals surface area contributed by atoms with Gasteiger partial charge in [0.25, 0.3) is 5.91 Å². The summed E-state index contributed by atoms with van der Waals surface area (Å²) in [7, 11) is 0. The molecule has 1 amide bonds. The molecule has 1 N–H and O–H groups in total. The van der Waals surface area contributed by atoms with Crippen LogP contribution in [-0.4, -0.2) is 42.1 Å². The van der Waals surface area contributed by atoms with Gasteiger partial charge < -0.3 is 15.0 Å². The van der Waals surface area contributed by atoms with Gasteiger partial charge in [-0.05, 0) is 38.0 Å². The largest absolute Gasteiger partial charge is 0.476 e. The van der Waals surface area contributed by atoms with Gasteiger partial charge in [-0.15, -0.1) is 0 Å². The Morgan fingerprint density at radius 3 is 2.85 bits per heavy atom. The Balaban J connectivity index is 1.53. The van der Waals surface area contributed by atoms with E-state index in [1.54, 1.807) is 18.2 Å². The molecular weight excluding hydrogens is 420 g/mol. The standard InChI is InChI=1S/C18H20BrClN4O2/c1-12-22-16(24-7-2-3-8-24)11-17(23-12)26-9-6-21-18(25)14-10-13(19)4-5-15(14)20/h4-5,10-11H,2-3,6-9H2,1H3,(H,21,25). The highest BCUT2D eigenvalue weighted by Gasteiger charge is 2.15. The Morgan fingerprint density at radius 1 is 1.31 bits per heavy atom. The predicted octanol–water partition coefficient (Wildman–Crippen LogP) is 3.61. The zero-order valence-electron chi connectivity index (χ0n) is 14.5. The Hall–Kier alpha value is -1.86. The van der Waals surface area contributed by atoms with Crippen LogP contribution in [0.4, 0.5) is 5.82 Å². The quantitative estimate of drug-likeness (QED) is 0.697. The van der Waals surface area contributed by atoms with Gasteiger partial charge in [-0.25, -0.2) is 4.98 Å². The van der Waals surface area contributed by atoms with Crippen LogP contribution in [0.15, 0.2) is 28.7 Å². The molecule has 6 nitrogen and oxygen atoms in total. The van der Waals surface area contributed by atoms with E-state index in [1.807, 2.05) is 13.0 Å². The van der Waals surface area contributed by atoms with Crippen molar-refractivity contribution in [3.8, 4) is 5.88 Å². The highest BCUT2D eigenvalue weighted by Crippen LogP contribution is 2.22. The maximum absolute atomic E-state index is 12.2. The monoisotopic (exact) mass is 438 g/mol. The van der Waals surface area contributed by atoms with E-state index in [1.165, 1.54) is 12.8 Å². The first-order chi connectivity index (χ1) is 12.5. The highest BCUT2D eigenvalue weighted by atomic mass is 79.9. The van der Waals surface area contributed by atoms with E-state index < -0.39 is 0 Å². The fourth-order valence-corrected chi connectivity index (χ4v) is 3.36. The Kier molecular flexibility index (Phi) is 6.32. The Bertz CT molecular complexity index is 797. The molecule has 0 saturated carbocycles. The van der Waals surface area contributed by atoms with Crippen molar-refractivity contribution in [3.63, 3.8) is 0 Å². The summed E-state index contributed by atoms with van der Waals surface area (Å²) >= 11 is 9.40. The summed E-state index contributed by atoms with van der Waals surface area (Å²) in [4.78, 5) is 23.2. The van der Waals surface area contributed by atoms with Crippen LogP contribution in [0.1, 0.15) is 29.0 Å². The van der Waals surface area contributed by atoms with Crippen molar-refractivity contribution in [1.29, 1.82) is 0 Å². The molecule has 0 radical (unpaired) electrons. The SMILES string of the molecule is Cc1nc(OCCNC(=O)c2cc(Br)ccc2Cl)cc(N2CCCC2)n1. The van der Waals surface area contributed by atoms with Gasteiger partial charge in [0.05, 0.1) is 17.1 Å². The van der Waals surface area contributed by atoms with Gasteiger partial charge in [0, 0.05) is 23.6 Å². The molecule has 0 unspecified atom stereocenters. The smallest absolute Gasteiger partial charge is 0.252 e. The number of hydrogen-bond acceptors (Lipinski definition) is 5. The molecule has 2 aromatic rings. The summed E-state index contributed by atoms with van der Waals surface area (Å²) in [6.07, 6.45) is 2.37. The van der Waals surface area contributed by atoms with Crippen molar-refractivity contribution in [2.24, 2.45) is 0 Å². The van der Waals surface area contributed by atoms with Crippen LogP contribution in [0.25, 0.3) is 0 Å². The van der Waals surface area contributed by atoms with Gasteiger partial charge in [-0.2, -0.15) is 4.98 Å². The molecular formula is C18H20BrClN4O2. The second-order valence-corrected chi connectivity index (χ2v) is 7.36. The number of halogens is 2. The van der Waals surface area contributed by atoms with Crippen molar-refractivity contribution < 1.29 is 9.53 Å². The topological polar surface area (TPSA) is 67.3 Å². The number of amides is 1. The Morgan fingerprint density at radius 2 is 2.08 bits per heavy atom. The number of aryl methyl sites for hydroxylation is 1. The number of carbonyl (C=O) groups excluding carboxylic acids is 1. The molecule has 3 rings (SSSR count). The van der Waals surface area contributed by atoms with Crippen molar-refractivity contribution in [2.75, 3.05) is 31.1 Å². The minimum absolute atomic E-state index is 0.239. The van der Waals surface area contributed by atoms with Gasteiger partial charge in [0.1, 0.15) is 18.2 Å². The number of aromatic nitrogens is 2. The number of anilines is 1. The van der Waals surface area contributed by atoms with Crippen molar-refractivity contribution >= 4 is 39.3 Å². The predicted molar refractivity (Wildman–Crippen MR) is 105 cm³/mol. The number of benzene rings is 1. The zero-order chi connectivity index (χ0) is 18.5. The lowest BCUT2D eigenvalue weighted by atomic mass is 10.2. The first-order valence-electron chi connectivity index (χ1n) is 8.49. The van der Waals surface area contributed by atoms with E-state index in [4.69, 9.17) is 16.3 Å². The van der Waals surface area contributed by atoms with Gasteiger partial charge >= 0.3 is 0 Å². The lowest BCUT2D eigenvalue weighted by Crippen LogP contribution is -2.28. The number of carbonyl (C=O) groups is 1. The molecule has 1 saturated heterocycles. The van der Waals surface area contributed by atoms with E-state index in [0.29, 0.717) is 35.4 Å². The third-order valence-electron chi connectivity index (χ3n) is 4.04. The summed E-state index contributed by atoms with van der Waals surface area (Å²) in [5, 5.41) is 3.21. The van der Waals surface area contributed by atoms with Gasteiger partial charge in [-0.1, -0.05) is 27.5 Å². The maximum Gasteiger partial charge on any atom is 0.252 e. The molecule has 1 aromatic carbocycles. The molecule has 0 aliphatic carbocycles. The van der Waals surface area contributed by atoms with E-state index in [-0.39, 0.29) is 5.91 Å². The molecule has 1 aliphatic heterocycles. The molecule has 8 heteroatoms. The summed E-state index contributed by atoms with van der Waals surface area (Å²) in [5.41, 5.74) is 0.426. The summed E-state index contributed by atoms with van der Waals surface area (Å²) < 4.78 is 6.49. The van der Waals surface area contributed by atoms with Crippen LogP contribution in [0, 0.1) is 6.92 Å². The Labute approximate surface area is 166 Å². The van der Waals surface area contributed by atoms with Gasteiger partial charge in [0.15, 0.2) is 0 Å². The van der Waals surface area contributed by atoms with Crippen LogP contribution in [0.3, 0.4) is 0 Å². The molecule has 138 valence electrons. The van der Waals surface area contributed by atoms with Crippen LogP contribution in [0.2, 0.25) is 5.02 Å². The van der Waals surface area contributed by atoms with Crippen LogP contribution < -0.4 is 15.0 Å². The fraction of sp³-hybridized carbons (Fsp3) is 0.389. The summed E-state index contributed by atoms with van der Waals surface area (Å²) in [6, 6.07) is 7.01. The summed E-state index contributed by atoms with van der Waals surface area (Å²) in [5.74, 6) is 1.86. The molecule has 2 heterocycles. The third kappa shape index (κ3) is 4.86. The molecule has 0 bridgehead atoms. The van der Waals surface area contributed by atoms with Crippen LogP contribution in [0.5, 0.6) is 5.88 Å². The average molecular weight is 440 g/mol. The van der Waals surface area contributed by atoms with Crippen molar-refractivity contribution in [1.82, 2.24) is 15.3 Å². The van der Waals surface area contributed by atoms with E-state index in [9.17, 15) is 4.79 Å². The first-order valence-corrected chi connectivity index (χ1v) is 9.67. The molecule has 0 spiro atoms. The third-order valence-corrected chi connectivity index (χ3v) is 4.86. The number of ether oxygens (including phenoxy) is 1. The summed E-state index contributed by atoms with van der Waals surface area (Å²) in [6.45, 7) is 4.54. The maximum atomic E-state index is 12.2. The zero-order valence-corrected chi connectivity index (χ0v) is 16.8.